The highest BCUT2D eigenvalue weighted by atomic mass is 32.2. The van der Waals surface area contributed by atoms with Gasteiger partial charge in [0.1, 0.15) is 11.6 Å². The summed E-state index contributed by atoms with van der Waals surface area (Å²) >= 11 is 3.07. The van der Waals surface area contributed by atoms with Crippen LogP contribution < -0.4 is 4.90 Å². The third kappa shape index (κ3) is 3.32. The van der Waals surface area contributed by atoms with E-state index in [1.54, 1.807) is 28.2 Å². The Balaban J connectivity index is 1.75. The standard InChI is InChI=1S/C17H19N3O2S2/c1-11-9-24-17(18-11)12(2)19(3)15(21)8-20-13-6-4-5-7-14(13)23-10-16(20)22/h4-7,9,12H,8,10H2,1-3H3. The van der Waals surface area contributed by atoms with Crippen molar-refractivity contribution in [2.75, 3.05) is 24.2 Å². The summed E-state index contributed by atoms with van der Waals surface area (Å²) in [6.45, 7) is 3.95. The Morgan fingerprint density at radius 2 is 2.17 bits per heavy atom. The van der Waals surface area contributed by atoms with E-state index in [1.165, 1.54) is 11.8 Å². The van der Waals surface area contributed by atoms with Gasteiger partial charge in [-0.25, -0.2) is 4.98 Å². The van der Waals surface area contributed by atoms with E-state index in [1.807, 2.05) is 43.5 Å². The van der Waals surface area contributed by atoms with Crippen LogP contribution in [0.15, 0.2) is 34.5 Å². The monoisotopic (exact) mass is 361 g/mol. The van der Waals surface area contributed by atoms with E-state index in [4.69, 9.17) is 0 Å². The minimum atomic E-state index is -0.110. The van der Waals surface area contributed by atoms with Crippen LogP contribution in [0.5, 0.6) is 0 Å². The average molecular weight is 361 g/mol. The van der Waals surface area contributed by atoms with Crippen molar-refractivity contribution < 1.29 is 9.59 Å². The molecule has 0 spiro atoms. The van der Waals surface area contributed by atoms with Gasteiger partial charge in [-0.05, 0) is 26.0 Å². The second kappa shape index (κ2) is 6.94. The lowest BCUT2D eigenvalue weighted by Gasteiger charge is -2.31. The fourth-order valence-electron chi connectivity index (χ4n) is 2.52. The molecule has 2 heterocycles. The Hall–Kier alpha value is -1.86. The van der Waals surface area contributed by atoms with E-state index >= 15 is 0 Å². The lowest BCUT2D eigenvalue weighted by atomic mass is 10.2. The molecular formula is C17H19N3O2S2. The number of amides is 2. The number of carbonyl (C=O) groups is 2. The van der Waals surface area contributed by atoms with E-state index in [9.17, 15) is 9.59 Å². The summed E-state index contributed by atoms with van der Waals surface area (Å²) in [5.74, 6) is 0.249. The molecule has 1 aliphatic heterocycles. The SMILES string of the molecule is Cc1csc(C(C)N(C)C(=O)CN2C(=O)CSc3ccccc32)n1. The van der Waals surface area contributed by atoms with Crippen molar-refractivity contribution in [3.05, 3.63) is 40.3 Å². The predicted octanol–water partition coefficient (Wildman–Crippen LogP) is 3.11. The van der Waals surface area contributed by atoms with Crippen LogP contribution in [0.25, 0.3) is 0 Å². The number of rotatable bonds is 4. The molecule has 0 saturated heterocycles. The first-order valence-electron chi connectivity index (χ1n) is 7.67. The fraction of sp³-hybridized carbons (Fsp3) is 0.353. The molecule has 0 fully saturated rings. The van der Waals surface area contributed by atoms with Crippen LogP contribution in [0.2, 0.25) is 0 Å². The van der Waals surface area contributed by atoms with Gasteiger partial charge in [-0.2, -0.15) is 0 Å². The zero-order valence-electron chi connectivity index (χ0n) is 13.9. The number of thioether (sulfide) groups is 1. The molecule has 0 N–H and O–H groups in total. The summed E-state index contributed by atoms with van der Waals surface area (Å²) in [4.78, 5) is 33.7. The van der Waals surface area contributed by atoms with Crippen molar-refractivity contribution in [3.63, 3.8) is 0 Å². The van der Waals surface area contributed by atoms with Crippen LogP contribution in [-0.4, -0.2) is 41.0 Å². The highest BCUT2D eigenvalue weighted by Crippen LogP contribution is 2.35. The van der Waals surface area contributed by atoms with E-state index in [0.29, 0.717) is 5.75 Å². The number of anilines is 1. The topological polar surface area (TPSA) is 53.5 Å². The molecule has 1 aromatic heterocycles. The zero-order chi connectivity index (χ0) is 17.3. The van der Waals surface area contributed by atoms with Crippen LogP contribution in [0.3, 0.4) is 0 Å². The molecule has 3 rings (SSSR count). The minimum Gasteiger partial charge on any atom is -0.335 e. The van der Waals surface area contributed by atoms with Gasteiger partial charge in [0, 0.05) is 23.0 Å². The first-order chi connectivity index (χ1) is 11.5. The zero-order valence-corrected chi connectivity index (χ0v) is 15.5. The van der Waals surface area contributed by atoms with Gasteiger partial charge in [-0.15, -0.1) is 23.1 Å². The first kappa shape index (κ1) is 17.0. The molecular weight excluding hydrogens is 342 g/mol. The molecule has 1 aromatic carbocycles. The van der Waals surface area contributed by atoms with Crippen molar-refractivity contribution in [3.8, 4) is 0 Å². The maximum atomic E-state index is 12.7. The molecule has 0 bridgehead atoms. The molecule has 1 unspecified atom stereocenters. The van der Waals surface area contributed by atoms with Gasteiger partial charge in [-0.3, -0.25) is 9.59 Å². The van der Waals surface area contributed by atoms with E-state index in [2.05, 4.69) is 4.98 Å². The Morgan fingerprint density at radius 3 is 2.88 bits per heavy atom. The molecule has 5 nitrogen and oxygen atoms in total. The fourth-order valence-corrected chi connectivity index (χ4v) is 4.35. The summed E-state index contributed by atoms with van der Waals surface area (Å²) in [6.07, 6.45) is 0. The van der Waals surface area contributed by atoms with Crippen LogP contribution in [-0.2, 0) is 9.59 Å². The van der Waals surface area contributed by atoms with Gasteiger partial charge in [0.25, 0.3) is 0 Å². The summed E-state index contributed by atoms with van der Waals surface area (Å²) in [6, 6.07) is 7.59. The number of aromatic nitrogens is 1. The van der Waals surface area contributed by atoms with Crippen molar-refractivity contribution in [1.29, 1.82) is 0 Å². The number of aryl methyl sites for hydroxylation is 1. The largest absolute Gasteiger partial charge is 0.335 e. The lowest BCUT2D eigenvalue weighted by Crippen LogP contribution is -2.44. The van der Waals surface area contributed by atoms with Gasteiger partial charge < -0.3 is 9.80 Å². The van der Waals surface area contributed by atoms with Crippen molar-refractivity contribution in [1.82, 2.24) is 9.88 Å². The average Bonchev–Trinajstić information content (AvgIpc) is 3.02. The normalized spacial score (nSPS) is 15.1. The smallest absolute Gasteiger partial charge is 0.242 e. The second-order valence-corrected chi connectivity index (χ2v) is 7.65. The van der Waals surface area contributed by atoms with Crippen LogP contribution >= 0.6 is 23.1 Å². The molecule has 1 aliphatic rings. The Kier molecular flexibility index (Phi) is 4.91. The third-order valence-electron chi connectivity index (χ3n) is 4.07. The van der Waals surface area contributed by atoms with Crippen LogP contribution in [0.4, 0.5) is 5.69 Å². The molecule has 1 atom stereocenters. The number of carbonyl (C=O) groups excluding carboxylic acids is 2. The number of fused-ring (bicyclic) bond motifs is 1. The van der Waals surface area contributed by atoms with Gasteiger partial charge in [0.15, 0.2) is 0 Å². The second-order valence-electron chi connectivity index (χ2n) is 5.74. The van der Waals surface area contributed by atoms with Crippen molar-refractivity contribution in [2.45, 2.75) is 24.8 Å². The third-order valence-corrected chi connectivity index (χ3v) is 6.25. The first-order valence-corrected chi connectivity index (χ1v) is 9.53. The summed E-state index contributed by atoms with van der Waals surface area (Å²) in [5, 5.41) is 2.88. The molecule has 0 aliphatic carbocycles. The molecule has 7 heteroatoms. The lowest BCUT2D eigenvalue weighted by molar-refractivity contribution is -0.131. The number of thiazole rings is 1. The molecule has 0 radical (unpaired) electrons. The van der Waals surface area contributed by atoms with Gasteiger partial charge in [0.2, 0.25) is 11.8 Å². The Morgan fingerprint density at radius 1 is 1.42 bits per heavy atom. The number of hydrogen-bond donors (Lipinski definition) is 0. The summed E-state index contributed by atoms with van der Waals surface area (Å²) in [7, 11) is 1.76. The van der Waals surface area contributed by atoms with Crippen LogP contribution in [0.1, 0.15) is 23.7 Å². The highest BCUT2D eigenvalue weighted by Gasteiger charge is 2.29. The van der Waals surface area contributed by atoms with Crippen molar-refractivity contribution in [2.24, 2.45) is 0 Å². The quantitative estimate of drug-likeness (QED) is 0.840. The van der Waals surface area contributed by atoms with E-state index < -0.39 is 0 Å². The number of benzene rings is 1. The minimum absolute atomic E-state index is 0.0294. The van der Waals surface area contributed by atoms with Gasteiger partial charge in [-0.1, -0.05) is 12.1 Å². The van der Waals surface area contributed by atoms with Gasteiger partial charge >= 0.3 is 0 Å². The maximum Gasteiger partial charge on any atom is 0.242 e. The summed E-state index contributed by atoms with van der Waals surface area (Å²) < 4.78 is 0. The number of nitrogens with zero attached hydrogens (tertiary/aromatic N) is 3. The molecule has 0 saturated carbocycles. The summed E-state index contributed by atoms with van der Waals surface area (Å²) in [5.41, 5.74) is 1.78. The number of hydrogen-bond acceptors (Lipinski definition) is 5. The van der Waals surface area contributed by atoms with Crippen LogP contribution in [0, 0.1) is 6.92 Å². The van der Waals surface area contributed by atoms with E-state index in [0.717, 1.165) is 21.3 Å². The molecule has 24 heavy (non-hydrogen) atoms. The van der Waals surface area contributed by atoms with E-state index in [-0.39, 0.29) is 24.4 Å². The van der Waals surface area contributed by atoms with Gasteiger partial charge in [0.05, 0.1) is 17.5 Å². The molecule has 126 valence electrons. The van der Waals surface area contributed by atoms with Crippen molar-refractivity contribution >= 4 is 40.6 Å². The number of para-hydroxylation sites is 1. The Labute approximate surface area is 149 Å². The molecule has 2 aromatic rings. The Bertz CT molecular complexity index is 775. The predicted molar refractivity (Wildman–Crippen MR) is 97.6 cm³/mol. The highest BCUT2D eigenvalue weighted by molar-refractivity contribution is 8.00. The molecule has 2 amide bonds. The number of likely N-dealkylation sites (N-methyl/N-ethyl adjacent to an activating group) is 1. The maximum absolute atomic E-state index is 12.7.